The highest BCUT2D eigenvalue weighted by Crippen LogP contribution is 2.35. The second-order valence-electron chi connectivity index (χ2n) is 8.27. The summed E-state index contributed by atoms with van der Waals surface area (Å²) in [4.78, 5) is 28.3. The molecule has 10 heteroatoms. The molecule has 1 N–H and O–H groups in total. The highest BCUT2D eigenvalue weighted by molar-refractivity contribution is 5.97. The van der Waals surface area contributed by atoms with Gasteiger partial charge in [-0.2, -0.15) is 4.98 Å². The number of imidazole rings is 1. The Bertz CT molecular complexity index is 1190. The summed E-state index contributed by atoms with van der Waals surface area (Å²) in [5.74, 6) is 1.86. The second kappa shape index (κ2) is 8.45. The zero-order valence-electron chi connectivity index (χ0n) is 18.9. The van der Waals surface area contributed by atoms with E-state index in [-0.39, 0.29) is 25.4 Å². The van der Waals surface area contributed by atoms with E-state index in [9.17, 15) is 4.79 Å². The number of nitrogens with one attached hydrogen (secondary N) is 1. The van der Waals surface area contributed by atoms with Gasteiger partial charge in [-0.05, 0) is 19.1 Å². The number of methoxy groups -OCH3 is 1. The quantitative estimate of drug-likeness (QED) is 0.640. The first-order valence-corrected chi connectivity index (χ1v) is 10.7. The fraction of sp³-hybridized carbons (Fsp3) is 0.391. The van der Waals surface area contributed by atoms with Crippen LogP contribution in [0.5, 0.6) is 5.75 Å². The standard InChI is InChI=1S/C23H26N6O4/c1-15-11-29(14-25-15)18-5-4-17(9-19(18)31-3)26-22-24-10-16-8-20(30)23(28(2)21(16)27-22)12-32-6-7-33-13-23/h4-5,9-11,14H,6-8,12-13H2,1-3H3,(H,24,26,27). The van der Waals surface area contributed by atoms with Gasteiger partial charge in [0.25, 0.3) is 0 Å². The van der Waals surface area contributed by atoms with Crippen LogP contribution in [0, 0.1) is 6.92 Å². The molecular formula is C23H26N6O4. The lowest BCUT2D eigenvalue weighted by Crippen LogP contribution is -2.62. The number of ketones is 1. The topological polar surface area (TPSA) is 104 Å². The van der Waals surface area contributed by atoms with Crippen molar-refractivity contribution in [3.05, 3.63) is 48.2 Å². The van der Waals surface area contributed by atoms with Crippen molar-refractivity contribution < 1.29 is 19.0 Å². The number of hydrogen-bond acceptors (Lipinski definition) is 9. The summed E-state index contributed by atoms with van der Waals surface area (Å²) < 4.78 is 18.9. The third-order valence-electron chi connectivity index (χ3n) is 6.15. The van der Waals surface area contributed by atoms with Crippen molar-refractivity contribution in [1.82, 2.24) is 19.5 Å². The third kappa shape index (κ3) is 3.81. The zero-order chi connectivity index (χ0) is 23.0. The lowest BCUT2D eigenvalue weighted by atomic mass is 9.86. The molecule has 1 saturated heterocycles. The van der Waals surface area contributed by atoms with Crippen molar-refractivity contribution in [2.45, 2.75) is 18.9 Å². The number of rotatable bonds is 4. The van der Waals surface area contributed by atoms with Crippen LogP contribution in [-0.2, 0) is 20.7 Å². The van der Waals surface area contributed by atoms with Gasteiger partial charge in [-0.1, -0.05) is 0 Å². The number of hydrogen-bond donors (Lipinski definition) is 1. The van der Waals surface area contributed by atoms with Gasteiger partial charge in [0.2, 0.25) is 5.95 Å². The summed E-state index contributed by atoms with van der Waals surface area (Å²) >= 11 is 0. The van der Waals surface area contributed by atoms with E-state index < -0.39 is 5.54 Å². The molecule has 10 nitrogen and oxygen atoms in total. The molecule has 0 aliphatic carbocycles. The summed E-state index contributed by atoms with van der Waals surface area (Å²) in [6.07, 6.45) is 5.63. The average Bonchev–Trinajstić information content (AvgIpc) is 3.10. The predicted octanol–water partition coefficient (Wildman–Crippen LogP) is 2.07. The van der Waals surface area contributed by atoms with Gasteiger partial charge in [0, 0.05) is 43.2 Å². The number of carbonyl (C=O) groups excluding carboxylic acids is 1. The van der Waals surface area contributed by atoms with E-state index in [1.54, 1.807) is 19.6 Å². The van der Waals surface area contributed by atoms with Crippen molar-refractivity contribution >= 4 is 23.2 Å². The van der Waals surface area contributed by atoms with E-state index in [1.807, 2.05) is 47.8 Å². The number of Topliss-reactive ketones (excluding diaryl/α,β-unsaturated/α-hetero) is 1. The molecule has 1 aromatic carbocycles. The van der Waals surface area contributed by atoms with Gasteiger partial charge < -0.3 is 29.0 Å². The second-order valence-corrected chi connectivity index (χ2v) is 8.27. The first kappa shape index (κ1) is 21.4. The molecule has 2 aliphatic rings. The molecule has 4 heterocycles. The first-order valence-electron chi connectivity index (χ1n) is 10.7. The Morgan fingerprint density at radius 1 is 1.18 bits per heavy atom. The number of carbonyl (C=O) groups is 1. The lowest BCUT2D eigenvalue weighted by Gasteiger charge is -2.43. The predicted molar refractivity (Wildman–Crippen MR) is 122 cm³/mol. The van der Waals surface area contributed by atoms with E-state index in [2.05, 4.69) is 15.3 Å². The molecule has 0 unspecified atom stereocenters. The van der Waals surface area contributed by atoms with Crippen molar-refractivity contribution in [3.63, 3.8) is 0 Å². The van der Waals surface area contributed by atoms with Crippen LogP contribution in [0.4, 0.5) is 17.5 Å². The van der Waals surface area contributed by atoms with E-state index in [0.717, 1.165) is 22.6 Å². The molecule has 0 atom stereocenters. The molecule has 2 aliphatic heterocycles. The summed E-state index contributed by atoms with van der Waals surface area (Å²) in [5, 5.41) is 3.25. The maximum absolute atomic E-state index is 13.0. The van der Waals surface area contributed by atoms with Crippen molar-refractivity contribution in [1.29, 1.82) is 0 Å². The Labute approximate surface area is 191 Å². The van der Waals surface area contributed by atoms with Crippen LogP contribution in [0.25, 0.3) is 5.69 Å². The van der Waals surface area contributed by atoms with Gasteiger partial charge in [0.05, 0.1) is 51.2 Å². The number of likely N-dealkylation sites (N-methyl/N-ethyl adjacent to an activating group) is 1. The molecule has 0 radical (unpaired) electrons. The Balaban J connectivity index is 1.43. The molecule has 0 saturated carbocycles. The number of benzene rings is 1. The van der Waals surface area contributed by atoms with E-state index in [1.165, 1.54) is 0 Å². The number of anilines is 3. The fourth-order valence-electron chi connectivity index (χ4n) is 4.25. The molecule has 3 aromatic rings. The van der Waals surface area contributed by atoms with Crippen LogP contribution < -0.4 is 15.0 Å². The Morgan fingerprint density at radius 3 is 2.67 bits per heavy atom. The lowest BCUT2D eigenvalue weighted by molar-refractivity contribution is -0.127. The number of fused-ring (bicyclic) bond motifs is 1. The van der Waals surface area contributed by atoms with Crippen LogP contribution in [-0.4, -0.2) is 71.4 Å². The van der Waals surface area contributed by atoms with Gasteiger partial charge >= 0.3 is 0 Å². The highest BCUT2D eigenvalue weighted by Gasteiger charge is 2.48. The van der Waals surface area contributed by atoms with Crippen LogP contribution >= 0.6 is 0 Å². The summed E-state index contributed by atoms with van der Waals surface area (Å²) in [6, 6.07) is 5.76. The van der Waals surface area contributed by atoms with Crippen molar-refractivity contribution in [2.24, 2.45) is 0 Å². The molecular weight excluding hydrogens is 424 g/mol. The van der Waals surface area contributed by atoms with Crippen LogP contribution in [0.2, 0.25) is 0 Å². The Hall–Kier alpha value is -3.50. The van der Waals surface area contributed by atoms with Gasteiger partial charge in [-0.3, -0.25) is 4.79 Å². The smallest absolute Gasteiger partial charge is 0.229 e. The van der Waals surface area contributed by atoms with Crippen LogP contribution in [0.1, 0.15) is 11.3 Å². The normalized spacial score (nSPS) is 17.5. The molecule has 1 spiro atoms. The van der Waals surface area contributed by atoms with Crippen LogP contribution in [0.3, 0.4) is 0 Å². The Kier molecular flexibility index (Phi) is 5.47. The summed E-state index contributed by atoms with van der Waals surface area (Å²) in [6.45, 7) is 3.45. The highest BCUT2D eigenvalue weighted by atomic mass is 16.5. The third-order valence-corrected chi connectivity index (χ3v) is 6.15. The first-order chi connectivity index (χ1) is 16.0. The largest absolute Gasteiger partial charge is 0.494 e. The molecule has 0 amide bonds. The molecule has 1 fully saturated rings. The van der Waals surface area contributed by atoms with Crippen molar-refractivity contribution in [3.8, 4) is 11.4 Å². The number of aryl methyl sites for hydroxylation is 1. The minimum absolute atomic E-state index is 0.0544. The maximum atomic E-state index is 13.0. The van der Waals surface area contributed by atoms with Crippen LogP contribution in [0.15, 0.2) is 36.9 Å². The minimum atomic E-state index is -0.872. The summed E-state index contributed by atoms with van der Waals surface area (Å²) in [5.41, 5.74) is 2.49. The fourth-order valence-corrected chi connectivity index (χ4v) is 4.25. The number of ether oxygens (including phenoxy) is 3. The van der Waals surface area contributed by atoms with Crippen molar-refractivity contribution in [2.75, 3.05) is 50.8 Å². The monoisotopic (exact) mass is 450 g/mol. The molecule has 33 heavy (non-hydrogen) atoms. The minimum Gasteiger partial charge on any atom is -0.494 e. The summed E-state index contributed by atoms with van der Waals surface area (Å²) in [7, 11) is 3.49. The molecule has 2 aromatic heterocycles. The SMILES string of the molecule is COc1cc(Nc2ncc3c(n2)N(C)C2(COCCOC2)C(=O)C3)ccc1-n1cnc(C)c1. The molecule has 0 bridgehead atoms. The number of aromatic nitrogens is 4. The van der Waals surface area contributed by atoms with E-state index >= 15 is 0 Å². The molecule has 5 rings (SSSR count). The average molecular weight is 450 g/mol. The number of nitrogens with zero attached hydrogens (tertiary/aromatic N) is 5. The van der Waals surface area contributed by atoms with E-state index in [0.29, 0.717) is 30.7 Å². The maximum Gasteiger partial charge on any atom is 0.229 e. The van der Waals surface area contributed by atoms with Gasteiger partial charge in [0.15, 0.2) is 5.78 Å². The molecule has 172 valence electrons. The van der Waals surface area contributed by atoms with Gasteiger partial charge in [-0.15, -0.1) is 0 Å². The zero-order valence-corrected chi connectivity index (χ0v) is 18.9. The van der Waals surface area contributed by atoms with E-state index in [4.69, 9.17) is 19.2 Å². The Morgan fingerprint density at radius 2 is 1.97 bits per heavy atom. The van der Waals surface area contributed by atoms with Gasteiger partial charge in [-0.25, -0.2) is 9.97 Å². The van der Waals surface area contributed by atoms with Gasteiger partial charge in [0.1, 0.15) is 17.1 Å².